The fourth-order valence-electron chi connectivity index (χ4n) is 1.11. The largest absolute Gasteiger partial charge is 0.388 e. The molecule has 0 saturated heterocycles. The number of benzene rings is 1. The van der Waals surface area contributed by atoms with Crippen molar-refractivity contribution in [2.45, 2.75) is 6.61 Å². The molecular weight excluding hydrogens is 225 g/mol. The van der Waals surface area contributed by atoms with E-state index in [2.05, 4.69) is 14.7 Å². The summed E-state index contributed by atoms with van der Waals surface area (Å²) in [5.41, 5.74) is -0.0939. The van der Waals surface area contributed by atoms with Crippen LogP contribution in [0.5, 0.6) is 0 Å². The Bertz CT molecular complexity index is 504. The fraction of sp³-hybridized carbons (Fsp3) is 0.111. The first-order valence-corrected chi connectivity index (χ1v) is 4.20. The lowest BCUT2D eigenvalue weighted by Gasteiger charge is -1.97. The van der Waals surface area contributed by atoms with Gasteiger partial charge in [0.2, 0.25) is 0 Å². The molecular formula is C9H5F3N2O2. The monoisotopic (exact) mass is 230 g/mol. The summed E-state index contributed by atoms with van der Waals surface area (Å²) < 4.78 is 43.0. The van der Waals surface area contributed by atoms with Crippen molar-refractivity contribution in [2.24, 2.45) is 0 Å². The summed E-state index contributed by atoms with van der Waals surface area (Å²) in [5.74, 6) is -4.48. The fourth-order valence-corrected chi connectivity index (χ4v) is 1.11. The second kappa shape index (κ2) is 3.93. The normalized spacial score (nSPS) is 10.8. The standard InChI is InChI=1S/C9H5F3N2O2/c10-5-1-4(2-6(11)8(5)12)9-13-7(3-15)14-16-9/h1-2,15H,3H2. The Morgan fingerprint density at radius 1 is 1.19 bits per heavy atom. The van der Waals surface area contributed by atoms with Crippen molar-refractivity contribution in [2.75, 3.05) is 0 Å². The number of aromatic nitrogens is 2. The Morgan fingerprint density at radius 2 is 1.81 bits per heavy atom. The Labute approximate surface area is 87.3 Å². The minimum Gasteiger partial charge on any atom is -0.388 e. The lowest BCUT2D eigenvalue weighted by atomic mass is 10.2. The third-order valence-electron chi connectivity index (χ3n) is 1.84. The molecule has 1 heterocycles. The second-order valence-electron chi connectivity index (χ2n) is 2.93. The van der Waals surface area contributed by atoms with Crippen molar-refractivity contribution in [3.63, 3.8) is 0 Å². The summed E-state index contributed by atoms with van der Waals surface area (Å²) in [6, 6.07) is 1.46. The highest BCUT2D eigenvalue weighted by molar-refractivity contribution is 5.52. The van der Waals surface area contributed by atoms with Crippen LogP contribution < -0.4 is 0 Å². The Kier molecular flexibility index (Phi) is 2.61. The maximum absolute atomic E-state index is 12.9. The van der Waals surface area contributed by atoms with E-state index in [9.17, 15) is 13.2 Å². The van der Waals surface area contributed by atoms with Crippen molar-refractivity contribution in [1.82, 2.24) is 10.1 Å². The zero-order valence-electron chi connectivity index (χ0n) is 7.75. The molecule has 1 aromatic heterocycles. The summed E-state index contributed by atoms with van der Waals surface area (Å²) in [4.78, 5) is 3.63. The van der Waals surface area contributed by atoms with Crippen LogP contribution in [-0.2, 0) is 6.61 Å². The average Bonchev–Trinajstić information content (AvgIpc) is 2.73. The van der Waals surface area contributed by atoms with E-state index in [1.165, 1.54) is 0 Å². The predicted octanol–water partition coefficient (Wildman–Crippen LogP) is 1.65. The summed E-state index contributed by atoms with van der Waals surface area (Å²) in [6.45, 7) is -0.463. The molecule has 0 aliphatic rings. The molecule has 2 aromatic rings. The molecule has 84 valence electrons. The summed E-state index contributed by atoms with van der Waals surface area (Å²) in [7, 11) is 0. The van der Waals surface area contributed by atoms with Crippen molar-refractivity contribution < 1.29 is 22.8 Å². The van der Waals surface area contributed by atoms with Crippen molar-refractivity contribution in [3.05, 3.63) is 35.4 Å². The maximum atomic E-state index is 12.9. The topological polar surface area (TPSA) is 59.2 Å². The smallest absolute Gasteiger partial charge is 0.258 e. The van der Waals surface area contributed by atoms with Crippen LogP contribution in [0.2, 0.25) is 0 Å². The van der Waals surface area contributed by atoms with E-state index in [-0.39, 0.29) is 17.3 Å². The summed E-state index contributed by atoms with van der Waals surface area (Å²) in [6.07, 6.45) is 0. The molecule has 1 N–H and O–H groups in total. The van der Waals surface area contributed by atoms with E-state index in [0.29, 0.717) is 0 Å². The SMILES string of the molecule is OCc1noc(-c2cc(F)c(F)c(F)c2)n1. The van der Waals surface area contributed by atoms with Crippen LogP contribution in [0, 0.1) is 17.5 Å². The molecule has 4 nitrogen and oxygen atoms in total. The molecule has 0 fully saturated rings. The molecule has 2 rings (SSSR count). The number of nitrogens with zero attached hydrogens (tertiary/aromatic N) is 2. The van der Waals surface area contributed by atoms with Gasteiger partial charge in [-0.1, -0.05) is 5.16 Å². The van der Waals surface area contributed by atoms with Crippen molar-refractivity contribution >= 4 is 0 Å². The molecule has 0 spiro atoms. The van der Waals surface area contributed by atoms with Gasteiger partial charge in [0.05, 0.1) is 0 Å². The quantitative estimate of drug-likeness (QED) is 0.797. The second-order valence-corrected chi connectivity index (χ2v) is 2.93. The number of hydrogen-bond donors (Lipinski definition) is 1. The van der Waals surface area contributed by atoms with Crippen LogP contribution >= 0.6 is 0 Å². The average molecular weight is 230 g/mol. The van der Waals surface area contributed by atoms with Gasteiger partial charge in [-0.15, -0.1) is 0 Å². The molecule has 0 amide bonds. The third kappa shape index (κ3) is 1.76. The van der Waals surface area contributed by atoms with E-state index >= 15 is 0 Å². The van der Waals surface area contributed by atoms with Gasteiger partial charge in [-0.25, -0.2) is 13.2 Å². The molecule has 0 atom stereocenters. The number of halogens is 3. The predicted molar refractivity (Wildman–Crippen MR) is 45.5 cm³/mol. The molecule has 0 radical (unpaired) electrons. The van der Waals surface area contributed by atoms with Crippen LogP contribution in [0.25, 0.3) is 11.5 Å². The minimum absolute atomic E-state index is 0.0276. The highest BCUT2D eigenvalue weighted by Crippen LogP contribution is 2.22. The van der Waals surface area contributed by atoms with Crippen LogP contribution in [0.4, 0.5) is 13.2 Å². The van der Waals surface area contributed by atoms with E-state index in [1.54, 1.807) is 0 Å². The molecule has 0 aliphatic carbocycles. The first-order valence-electron chi connectivity index (χ1n) is 4.20. The third-order valence-corrected chi connectivity index (χ3v) is 1.84. The van der Waals surface area contributed by atoms with E-state index in [4.69, 9.17) is 5.11 Å². The van der Waals surface area contributed by atoms with E-state index in [1.807, 2.05) is 0 Å². The molecule has 0 unspecified atom stereocenters. The van der Waals surface area contributed by atoms with E-state index < -0.39 is 24.1 Å². The summed E-state index contributed by atoms with van der Waals surface area (Å²) in [5, 5.41) is 12.0. The molecule has 0 bridgehead atoms. The van der Waals surface area contributed by atoms with Gasteiger partial charge in [0.25, 0.3) is 5.89 Å². The summed E-state index contributed by atoms with van der Waals surface area (Å²) >= 11 is 0. The van der Waals surface area contributed by atoms with Crippen LogP contribution in [0.15, 0.2) is 16.7 Å². The van der Waals surface area contributed by atoms with Gasteiger partial charge >= 0.3 is 0 Å². The van der Waals surface area contributed by atoms with Crippen LogP contribution in [0.1, 0.15) is 5.82 Å². The Morgan fingerprint density at radius 3 is 2.31 bits per heavy atom. The van der Waals surface area contributed by atoms with Crippen LogP contribution in [0.3, 0.4) is 0 Å². The molecule has 0 aliphatic heterocycles. The number of hydrogen-bond acceptors (Lipinski definition) is 4. The maximum Gasteiger partial charge on any atom is 0.258 e. The lowest BCUT2D eigenvalue weighted by Crippen LogP contribution is -1.92. The van der Waals surface area contributed by atoms with Crippen LogP contribution in [-0.4, -0.2) is 15.2 Å². The Balaban J connectivity index is 2.48. The van der Waals surface area contributed by atoms with Gasteiger partial charge in [0.15, 0.2) is 23.3 Å². The highest BCUT2D eigenvalue weighted by Gasteiger charge is 2.15. The zero-order chi connectivity index (χ0) is 11.7. The molecule has 1 aromatic carbocycles. The first-order chi connectivity index (χ1) is 7.61. The highest BCUT2D eigenvalue weighted by atomic mass is 19.2. The van der Waals surface area contributed by atoms with Gasteiger partial charge in [-0.3, -0.25) is 0 Å². The first kappa shape index (κ1) is 10.6. The van der Waals surface area contributed by atoms with Gasteiger partial charge in [-0.05, 0) is 12.1 Å². The number of aliphatic hydroxyl groups is 1. The molecule has 7 heteroatoms. The Hall–Kier alpha value is -1.89. The van der Waals surface area contributed by atoms with Gasteiger partial charge in [-0.2, -0.15) is 4.98 Å². The van der Waals surface area contributed by atoms with Crippen molar-refractivity contribution in [1.29, 1.82) is 0 Å². The molecule has 0 saturated carbocycles. The molecule has 16 heavy (non-hydrogen) atoms. The number of aliphatic hydroxyl groups excluding tert-OH is 1. The minimum atomic E-state index is -1.56. The van der Waals surface area contributed by atoms with Gasteiger partial charge in [0.1, 0.15) is 6.61 Å². The zero-order valence-corrected chi connectivity index (χ0v) is 7.75. The van der Waals surface area contributed by atoms with Gasteiger partial charge < -0.3 is 9.63 Å². The lowest BCUT2D eigenvalue weighted by molar-refractivity contribution is 0.264. The van der Waals surface area contributed by atoms with Gasteiger partial charge in [0, 0.05) is 5.56 Å². The van der Waals surface area contributed by atoms with Crippen molar-refractivity contribution in [3.8, 4) is 11.5 Å². The number of rotatable bonds is 2. The van der Waals surface area contributed by atoms with E-state index in [0.717, 1.165) is 12.1 Å².